The second kappa shape index (κ2) is 7.07. The molecule has 1 aromatic rings. The van der Waals surface area contributed by atoms with E-state index in [-0.39, 0.29) is 18.0 Å². The van der Waals surface area contributed by atoms with E-state index in [0.29, 0.717) is 19.4 Å². The molecule has 3 heteroatoms. The van der Waals surface area contributed by atoms with Crippen molar-refractivity contribution in [3.8, 4) is 0 Å². The van der Waals surface area contributed by atoms with Crippen LogP contribution in [0.25, 0.3) is 0 Å². The van der Waals surface area contributed by atoms with Gasteiger partial charge >= 0.3 is 5.97 Å². The van der Waals surface area contributed by atoms with Crippen LogP contribution < -0.4 is 0 Å². The van der Waals surface area contributed by atoms with Crippen molar-refractivity contribution in [2.45, 2.75) is 39.4 Å². The lowest BCUT2D eigenvalue weighted by molar-refractivity contribution is -0.149. The second-order valence-electron chi connectivity index (χ2n) is 4.42. The average Bonchev–Trinajstić information content (AvgIpc) is 2.34. The Morgan fingerprint density at radius 2 is 1.88 bits per heavy atom. The maximum atomic E-state index is 11.6. The number of hydrogen-bond acceptors (Lipinski definition) is 3. The Morgan fingerprint density at radius 1 is 1.24 bits per heavy atom. The smallest absolute Gasteiger partial charge is 0.308 e. The van der Waals surface area contributed by atoms with Crippen LogP contribution in [0.1, 0.15) is 32.3 Å². The van der Waals surface area contributed by atoms with Crippen molar-refractivity contribution in [2.24, 2.45) is 5.92 Å². The van der Waals surface area contributed by atoms with Gasteiger partial charge in [-0.05, 0) is 25.3 Å². The van der Waals surface area contributed by atoms with E-state index in [2.05, 4.69) is 0 Å². The SMILES string of the molecule is C[C@H](O)CC[C@@H](C)C(=O)OCc1ccccc1. The molecule has 94 valence electrons. The van der Waals surface area contributed by atoms with Crippen LogP contribution in [0.2, 0.25) is 0 Å². The fourth-order valence-corrected chi connectivity index (χ4v) is 1.48. The second-order valence-corrected chi connectivity index (χ2v) is 4.42. The Morgan fingerprint density at radius 3 is 2.47 bits per heavy atom. The molecule has 0 bridgehead atoms. The third-order valence-corrected chi connectivity index (χ3v) is 2.64. The van der Waals surface area contributed by atoms with Gasteiger partial charge in [0.1, 0.15) is 6.61 Å². The molecule has 0 aromatic heterocycles. The molecule has 0 aliphatic carbocycles. The minimum atomic E-state index is -0.362. The first-order chi connectivity index (χ1) is 8.09. The van der Waals surface area contributed by atoms with Gasteiger partial charge < -0.3 is 9.84 Å². The Balaban J connectivity index is 2.29. The highest BCUT2D eigenvalue weighted by Crippen LogP contribution is 2.11. The van der Waals surface area contributed by atoms with E-state index < -0.39 is 0 Å². The Labute approximate surface area is 102 Å². The molecule has 0 aliphatic rings. The van der Waals surface area contributed by atoms with Crippen molar-refractivity contribution in [2.75, 3.05) is 0 Å². The molecule has 3 nitrogen and oxygen atoms in total. The van der Waals surface area contributed by atoms with Crippen molar-refractivity contribution >= 4 is 5.97 Å². The van der Waals surface area contributed by atoms with Crippen LogP contribution in [0.5, 0.6) is 0 Å². The fourth-order valence-electron chi connectivity index (χ4n) is 1.48. The fraction of sp³-hybridized carbons (Fsp3) is 0.500. The van der Waals surface area contributed by atoms with Crippen LogP contribution in [0, 0.1) is 5.92 Å². The zero-order valence-corrected chi connectivity index (χ0v) is 10.4. The molecule has 1 N–H and O–H groups in total. The molecule has 1 aromatic carbocycles. The number of aliphatic hydroxyl groups is 1. The van der Waals surface area contributed by atoms with Crippen LogP contribution >= 0.6 is 0 Å². The molecule has 0 saturated heterocycles. The molecule has 0 radical (unpaired) electrons. The molecular weight excluding hydrogens is 216 g/mol. The van der Waals surface area contributed by atoms with Crippen LogP contribution in [0.15, 0.2) is 30.3 Å². The van der Waals surface area contributed by atoms with Crippen LogP contribution in [0.4, 0.5) is 0 Å². The highest BCUT2D eigenvalue weighted by Gasteiger charge is 2.15. The maximum absolute atomic E-state index is 11.6. The Bertz CT molecular complexity index is 333. The predicted molar refractivity (Wildman–Crippen MR) is 66.3 cm³/mol. The van der Waals surface area contributed by atoms with Gasteiger partial charge in [0, 0.05) is 0 Å². The Kier molecular flexibility index (Phi) is 5.70. The summed E-state index contributed by atoms with van der Waals surface area (Å²) in [6.45, 7) is 3.87. The molecular formula is C14H20O3. The molecule has 0 aliphatic heterocycles. The number of benzene rings is 1. The summed E-state index contributed by atoms with van der Waals surface area (Å²) in [7, 11) is 0. The summed E-state index contributed by atoms with van der Waals surface area (Å²) in [5.74, 6) is -0.359. The number of carbonyl (C=O) groups excluding carboxylic acids is 1. The largest absolute Gasteiger partial charge is 0.461 e. The molecule has 1 rings (SSSR count). The van der Waals surface area contributed by atoms with Gasteiger partial charge in [-0.2, -0.15) is 0 Å². The van der Waals surface area contributed by atoms with Crippen molar-refractivity contribution < 1.29 is 14.6 Å². The summed E-state index contributed by atoms with van der Waals surface area (Å²) >= 11 is 0. The first kappa shape index (κ1) is 13.7. The first-order valence-corrected chi connectivity index (χ1v) is 5.98. The van der Waals surface area contributed by atoms with Gasteiger partial charge in [0.15, 0.2) is 0 Å². The third-order valence-electron chi connectivity index (χ3n) is 2.64. The predicted octanol–water partition coefficient (Wildman–Crippen LogP) is 2.53. The highest BCUT2D eigenvalue weighted by molar-refractivity contribution is 5.71. The first-order valence-electron chi connectivity index (χ1n) is 5.98. The zero-order chi connectivity index (χ0) is 12.7. The number of hydrogen-bond donors (Lipinski definition) is 1. The van der Waals surface area contributed by atoms with E-state index in [0.717, 1.165) is 5.56 Å². The lowest BCUT2D eigenvalue weighted by Gasteiger charge is -2.12. The van der Waals surface area contributed by atoms with E-state index in [1.54, 1.807) is 6.92 Å². The van der Waals surface area contributed by atoms with E-state index in [9.17, 15) is 4.79 Å². The monoisotopic (exact) mass is 236 g/mol. The van der Waals surface area contributed by atoms with Gasteiger partial charge in [0.2, 0.25) is 0 Å². The van der Waals surface area contributed by atoms with Crippen LogP contribution in [0.3, 0.4) is 0 Å². The molecule has 0 spiro atoms. The average molecular weight is 236 g/mol. The number of ether oxygens (including phenoxy) is 1. The number of rotatable bonds is 6. The minimum absolute atomic E-state index is 0.159. The van der Waals surface area contributed by atoms with Gasteiger partial charge in [-0.25, -0.2) is 0 Å². The van der Waals surface area contributed by atoms with Gasteiger partial charge in [0.25, 0.3) is 0 Å². The summed E-state index contributed by atoms with van der Waals surface area (Å²) in [4.78, 5) is 11.6. The number of esters is 1. The number of carbonyl (C=O) groups is 1. The van der Waals surface area contributed by atoms with Gasteiger partial charge in [0.05, 0.1) is 12.0 Å². The summed E-state index contributed by atoms with van der Waals surface area (Å²) in [6, 6.07) is 9.61. The molecule has 2 atom stereocenters. The molecule has 0 fully saturated rings. The lowest BCUT2D eigenvalue weighted by atomic mass is 10.0. The van der Waals surface area contributed by atoms with E-state index in [4.69, 9.17) is 9.84 Å². The zero-order valence-electron chi connectivity index (χ0n) is 10.4. The summed E-state index contributed by atoms with van der Waals surface area (Å²) in [5, 5.41) is 9.14. The normalized spacial score (nSPS) is 14.1. The molecule has 0 unspecified atom stereocenters. The van der Waals surface area contributed by atoms with Crippen molar-refractivity contribution in [3.05, 3.63) is 35.9 Å². The van der Waals surface area contributed by atoms with E-state index >= 15 is 0 Å². The summed E-state index contributed by atoms with van der Waals surface area (Å²) in [6.07, 6.45) is 0.923. The summed E-state index contributed by atoms with van der Waals surface area (Å²) < 4.78 is 5.20. The standard InChI is InChI=1S/C14H20O3/c1-11(8-9-12(2)15)14(16)17-10-13-6-4-3-5-7-13/h3-7,11-12,15H,8-10H2,1-2H3/t11-,12+/m1/s1. The Hall–Kier alpha value is -1.35. The van der Waals surface area contributed by atoms with Gasteiger partial charge in [-0.15, -0.1) is 0 Å². The van der Waals surface area contributed by atoms with Crippen molar-refractivity contribution in [3.63, 3.8) is 0 Å². The quantitative estimate of drug-likeness (QED) is 0.772. The molecule has 0 saturated carbocycles. The minimum Gasteiger partial charge on any atom is -0.461 e. The summed E-state index contributed by atoms with van der Waals surface area (Å²) in [5.41, 5.74) is 0.989. The maximum Gasteiger partial charge on any atom is 0.308 e. The molecule has 17 heavy (non-hydrogen) atoms. The van der Waals surface area contributed by atoms with Crippen LogP contribution in [-0.2, 0) is 16.1 Å². The van der Waals surface area contributed by atoms with E-state index in [1.165, 1.54) is 0 Å². The van der Waals surface area contributed by atoms with E-state index in [1.807, 2.05) is 37.3 Å². The lowest BCUT2D eigenvalue weighted by Crippen LogP contribution is -2.16. The van der Waals surface area contributed by atoms with Crippen LogP contribution in [-0.4, -0.2) is 17.2 Å². The van der Waals surface area contributed by atoms with Crippen molar-refractivity contribution in [1.29, 1.82) is 0 Å². The topological polar surface area (TPSA) is 46.5 Å². The molecule has 0 heterocycles. The van der Waals surface area contributed by atoms with Gasteiger partial charge in [-0.3, -0.25) is 4.79 Å². The van der Waals surface area contributed by atoms with Crippen molar-refractivity contribution in [1.82, 2.24) is 0 Å². The number of aliphatic hydroxyl groups excluding tert-OH is 1. The third kappa shape index (κ3) is 5.50. The highest BCUT2D eigenvalue weighted by atomic mass is 16.5. The van der Waals surface area contributed by atoms with Gasteiger partial charge in [-0.1, -0.05) is 37.3 Å². The molecule has 0 amide bonds.